The molecule has 1 amide bonds. The Balaban J connectivity index is 1.58. The Morgan fingerprint density at radius 1 is 0.861 bits per heavy atom. The van der Waals surface area contributed by atoms with Crippen molar-refractivity contribution in [3.63, 3.8) is 0 Å². The van der Waals surface area contributed by atoms with Crippen LogP contribution in [-0.2, 0) is 6.18 Å². The fraction of sp³-hybridized carbons (Fsp3) is 0.111. The van der Waals surface area contributed by atoms with Gasteiger partial charge in [-0.2, -0.15) is 13.2 Å². The van der Waals surface area contributed by atoms with Crippen molar-refractivity contribution in [1.82, 2.24) is 4.98 Å². The van der Waals surface area contributed by atoms with E-state index in [0.29, 0.717) is 29.0 Å². The topological polar surface area (TPSA) is 60.5 Å². The first-order valence-electron chi connectivity index (χ1n) is 10.7. The SMILES string of the molecule is COc1ccc(OC)c(-c2cccc(-c3ccc(NC(=O)c4ccc(F)cc4C(F)(F)F)cc3)n2)c1. The number of hydrogen-bond acceptors (Lipinski definition) is 4. The first kappa shape index (κ1) is 24.7. The number of benzene rings is 3. The molecule has 3 aromatic carbocycles. The monoisotopic (exact) mass is 496 g/mol. The molecule has 36 heavy (non-hydrogen) atoms. The van der Waals surface area contributed by atoms with Crippen LogP contribution >= 0.6 is 0 Å². The van der Waals surface area contributed by atoms with E-state index in [4.69, 9.17) is 14.5 Å². The number of alkyl halides is 3. The Morgan fingerprint density at radius 3 is 2.25 bits per heavy atom. The van der Waals surface area contributed by atoms with Gasteiger partial charge in [0.05, 0.1) is 36.7 Å². The summed E-state index contributed by atoms with van der Waals surface area (Å²) in [4.78, 5) is 17.2. The first-order chi connectivity index (χ1) is 17.2. The summed E-state index contributed by atoms with van der Waals surface area (Å²) in [7, 11) is 3.13. The number of methoxy groups -OCH3 is 2. The molecule has 0 aliphatic carbocycles. The van der Waals surface area contributed by atoms with E-state index in [9.17, 15) is 22.4 Å². The first-order valence-corrected chi connectivity index (χ1v) is 10.7. The van der Waals surface area contributed by atoms with Crippen molar-refractivity contribution in [2.75, 3.05) is 19.5 Å². The van der Waals surface area contributed by atoms with Gasteiger partial charge in [-0.3, -0.25) is 4.79 Å². The molecule has 0 radical (unpaired) electrons. The minimum Gasteiger partial charge on any atom is -0.497 e. The summed E-state index contributed by atoms with van der Waals surface area (Å²) in [6, 6.07) is 19.2. The predicted octanol–water partition coefficient (Wildman–Crippen LogP) is 6.84. The number of pyridine rings is 1. The Morgan fingerprint density at radius 2 is 1.58 bits per heavy atom. The van der Waals surface area contributed by atoms with Gasteiger partial charge in [0.15, 0.2) is 0 Å². The van der Waals surface area contributed by atoms with Gasteiger partial charge in [-0.05, 0) is 60.7 Å². The van der Waals surface area contributed by atoms with Crippen molar-refractivity contribution < 1.29 is 31.8 Å². The van der Waals surface area contributed by atoms with Gasteiger partial charge in [-0.15, -0.1) is 0 Å². The van der Waals surface area contributed by atoms with Gasteiger partial charge in [0.1, 0.15) is 17.3 Å². The molecule has 9 heteroatoms. The van der Waals surface area contributed by atoms with Crippen LogP contribution in [-0.4, -0.2) is 25.1 Å². The van der Waals surface area contributed by atoms with E-state index in [0.717, 1.165) is 23.3 Å². The summed E-state index contributed by atoms with van der Waals surface area (Å²) >= 11 is 0. The highest BCUT2D eigenvalue weighted by Crippen LogP contribution is 2.34. The lowest BCUT2D eigenvalue weighted by Crippen LogP contribution is -2.19. The van der Waals surface area contributed by atoms with Crippen molar-refractivity contribution in [2.24, 2.45) is 0 Å². The molecule has 0 atom stereocenters. The maximum atomic E-state index is 13.3. The smallest absolute Gasteiger partial charge is 0.417 e. The molecule has 0 saturated carbocycles. The number of ether oxygens (including phenoxy) is 2. The van der Waals surface area contributed by atoms with Crippen LogP contribution in [0.25, 0.3) is 22.5 Å². The second-order valence-electron chi connectivity index (χ2n) is 7.69. The van der Waals surface area contributed by atoms with Crippen molar-refractivity contribution in [2.45, 2.75) is 6.18 Å². The number of aromatic nitrogens is 1. The summed E-state index contributed by atoms with van der Waals surface area (Å²) in [5.74, 6) is -0.810. The minimum atomic E-state index is -4.87. The van der Waals surface area contributed by atoms with E-state index in [1.165, 1.54) is 0 Å². The Bertz CT molecular complexity index is 1400. The van der Waals surface area contributed by atoms with E-state index >= 15 is 0 Å². The van der Waals surface area contributed by atoms with Gasteiger partial charge in [-0.1, -0.05) is 18.2 Å². The number of amides is 1. The molecular weight excluding hydrogens is 476 g/mol. The van der Waals surface area contributed by atoms with Crippen LogP contribution in [0.4, 0.5) is 23.2 Å². The Labute approximate surface area is 204 Å². The van der Waals surface area contributed by atoms with Crippen LogP contribution in [0.2, 0.25) is 0 Å². The minimum absolute atomic E-state index is 0.270. The molecule has 1 aromatic heterocycles. The average molecular weight is 496 g/mol. The molecule has 0 bridgehead atoms. The van der Waals surface area contributed by atoms with Crippen molar-refractivity contribution in [3.05, 3.63) is 95.8 Å². The number of carbonyl (C=O) groups is 1. The third-order valence-electron chi connectivity index (χ3n) is 5.40. The number of nitrogens with one attached hydrogen (secondary N) is 1. The Kier molecular flexibility index (Phi) is 6.91. The number of carbonyl (C=O) groups excluding carboxylic acids is 1. The summed E-state index contributed by atoms with van der Waals surface area (Å²) in [6.07, 6.45) is -4.87. The van der Waals surface area contributed by atoms with Gasteiger partial charge in [0.2, 0.25) is 0 Å². The lowest BCUT2D eigenvalue weighted by molar-refractivity contribution is -0.138. The van der Waals surface area contributed by atoms with E-state index in [1.807, 2.05) is 18.2 Å². The van der Waals surface area contributed by atoms with Gasteiger partial charge in [0, 0.05) is 16.8 Å². The Hall–Kier alpha value is -4.40. The highest BCUT2D eigenvalue weighted by Gasteiger charge is 2.35. The highest BCUT2D eigenvalue weighted by atomic mass is 19.4. The van der Waals surface area contributed by atoms with Crippen LogP contribution < -0.4 is 14.8 Å². The molecule has 1 N–H and O–H groups in total. The molecule has 1 heterocycles. The van der Waals surface area contributed by atoms with Crippen LogP contribution in [0.3, 0.4) is 0 Å². The highest BCUT2D eigenvalue weighted by molar-refractivity contribution is 6.05. The number of anilines is 1. The van der Waals surface area contributed by atoms with Crippen molar-refractivity contribution >= 4 is 11.6 Å². The second-order valence-corrected chi connectivity index (χ2v) is 7.69. The maximum absolute atomic E-state index is 13.3. The van der Waals surface area contributed by atoms with E-state index in [-0.39, 0.29) is 5.69 Å². The average Bonchev–Trinajstić information content (AvgIpc) is 2.88. The molecule has 0 fully saturated rings. The van der Waals surface area contributed by atoms with Crippen LogP contribution in [0.1, 0.15) is 15.9 Å². The van der Waals surface area contributed by atoms with Gasteiger partial charge >= 0.3 is 6.18 Å². The maximum Gasteiger partial charge on any atom is 0.417 e. The van der Waals surface area contributed by atoms with Gasteiger partial charge in [-0.25, -0.2) is 9.37 Å². The summed E-state index contributed by atoms with van der Waals surface area (Å²) in [5.41, 5.74) is 0.994. The molecule has 0 saturated heterocycles. The number of hydrogen-bond donors (Lipinski definition) is 1. The largest absolute Gasteiger partial charge is 0.497 e. The molecule has 184 valence electrons. The van der Waals surface area contributed by atoms with Gasteiger partial charge < -0.3 is 14.8 Å². The van der Waals surface area contributed by atoms with Crippen LogP contribution in [0, 0.1) is 5.82 Å². The second kappa shape index (κ2) is 10.1. The zero-order valence-electron chi connectivity index (χ0n) is 19.2. The zero-order valence-corrected chi connectivity index (χ0v) is 19.2. The lowest BCUT2D eigenvalue weighted by atomic mass is 10.1. The van der Waals surface area contributed by atoms with Crippen molar-refractivity contribution in [3.8, 4) is 34.0 Å². The number of nitrogens with zero attached hydrogens (tertiary/aromatic N) is 1. The van der Waals surface area contributed by atoms with E-state index < -0.39 is 29.0 Å². The van der Waals surface area contributed by atoms with E-state index in [2.05, 4.69) is 5.32 Å². The fourth-order valence-electron chi connectivity index (χ4n) is 3.63. The quantitative estimate of drug-likeness (QED) is 0.297. The van der Waals surface area contributed by atoms with Crippen LogP contribution in [0.5, 0.6) is 11.5 Å². The fourth-order valence-corrected chi connectivity index (χ4v) is 3.63. The number of rotatable bonds is 6. The van der Waals surface area contributed by atoms with Gasteiger partial charge in [0.25, 0.3) is 5.91 Å². The standard InChI is InChI=1S/C27H20F4N2O3/c1-35-19-11-13-25(36-2)21(15-19)24-5-3-4-23(33-24)16-6-9-18(10-7-16)32-26(34)20-12-8-17(28)14-22(20)27(29,30)31/h3-15H,1-2H3,(H,32,34). The molecule has 0 aliphatic heterocycles. The predicted molar refractivity (Wildman–Crippen MR) is 128 cm³/mol. The summed E-state index contributed by atoms with van der Waals surface area (Å²) in [5, 5.41) is 2.42. The van der Waals surface area contributed by atoms with E-state index in [1.54, 1.807) is 56.7 Å². The molecule has 0 spiro atoms. The van der Waals surface area contributed by atoms with Crippen LogP contribution in [0.15, 0.2) is 78.9 Å². The molecule has 0 unspecified atom stereocenters. The molecular formula is C27H20F4N2O3. The molecule has 0 aliphatic rings. The normalized spacial score (nSPS) is 11.2. The molecule has 5 nitrogen and oxygen atoms in total. The zero-order chi connectivity index (χ0) is 25.9. The molecule has 4 aromatic rings. The van der Waals surface area contributed by atoms with Crippen molar-refractivity contribution in [1.29, 1.82) is 0 Å². The number of halogens is 4. The summed E-state index contributed by atoms with van der Waals surface area (Å²) in [6.45, 7) is 0. The third-order valence-corrected chi connectivity index (χ3v) is 5.40. The molecule has 4 rings (SSSR count). The lowest BCUT2D eigenvalue weighted by Gasteiger charge is -2.13. The third kappa shape index (κ3) is 5.30. The summed E-state index contributed by atoms with van der Waals surface area (Å²) < 4.78 is 63.8.